The van der Waals surface area contributed by atoms with Gasteiger partial charge in [0.25, 0.3) is 5.91 Å². The Hall–Kier alpha value is -3.93. The first-order chi connectivity index (χ1) is 16.0. The molecule has 0 saturated carbocycles. The molecule has 0 bridgehead atoms. The van der Waals surface area contributed by atoms with Crippen LogP contribution in [0.3, 0.4) is 0 Å². The first-order valence-electron chi connectivity index (χ1n) is 11.1. The lowest BCUT2D eigenvalue weighted by Gasteiger charge is -2.43. The van der Waals surface area contributed by atoms with E-state index in [-0.39, 0.29) is 11.8 Å². The van der Waals surface area contributed by atoms with Crippen LogP contribution in [0, 0.1) is 6.92 Å². The molecule has 0 radical (unpaired) electrons. The lowest BCUT2D eigenvalue weighted by atomic mass is 9.93. The van der Waals surface area contributed by atoms with Gasteiger partial charge in [-0.3, -0.25) is 9.59 Å². The van der Waals surface area contributed by atoms with Gasteiger partial charge in [-0.05, 0) is 42.7 Å². The summed E-state index contributed by atoms with van der Waals surface area (Å²) in [6.07, 6.45) is 0. The normalized spacial score (nSPS) is 17.8. The van der Waals surface area contributed by atoms with E-state index < -0.39 is 5.54 Å². The van der Waals surface area contributed by atoms with E-state index in [2.05, 4.69) is 10.3 Å². The van der Waals surface area contributed by atoms with Crippen LogP contribution >= 0.6 is 0 Å². The third-order valence-electron chi connectivity index (χ3n) is 6.53. The fourth-order valence-electron chi connectivity index (χ4n) is 4.50. The van der Waals surface area contributed by atoms with Gasteiger partial charge in [0.15, 0.2) is 5.82 Å². The van der Waals surface area contributed by atoms with Gasteiger partial charge in [0.1, 0.15) is 5.54 Å². The highest BCUT2D eigenvalue weighted by Crippen LogP contribution is 2.32. The van der Waals surface area contributed by atoms with Crippen LogP contribution in [-0.4, -0.2) is 31.8 Å². The number of hydrogen-bond acceptors (Lipinski definition) is 3. The second kappa shape index (κ2) is 8.20. The van der Waals surface area contributed by atoms with Crippen molar-refractivity contribution in [3.63, 3.8) is 0 Å². The number of para-hydroxylation sites is 2. The predicted molar refractivity (Wildman–Crippen MR) is 127 cm³/mol. The van der Waals surface area contributed by atoms with Crippen LogP contribution in [0.1, 0.15) is 34.2 Å². The van der Waals surface area contributed by atoms with Crippen LogP contribution in [-0.2, 0) is 24.4 Å². The van der Waals surface area contributed by atoms with Crippen LogP contribution in [0.2, 0.25) is 0 Å². The number of carbonyl (C=O) groups excluding carboxylic acids is 2. The SMILES string of the molecule is Cc1ccccc1CN1C(=O)c2nc3ccccc3n2C[C@]1(C)C(=O)NCc1ccccc1. The number of rotatable bonds is 5. The fourth-order valence-corrected chi connectivity index (χ4v) is 4.50. The summed E-state index contributed by atoms with van der Waals surface area (Å²) in [7, 11) is 0. The molecule has 5 rings (SSSR count). The molecule has 2 amide bonds. The highest BCUT2D eigenvalue weighted by atomic mass is 16.2. The summed E-state index contributed by atoms with van der Waals surface area (Å²) in [5.74, 6) is -0.0482. The number of aromatic nitrogens is 2. The average molecular weight is 439 g/mol. The number of amides is 2. The van der Waals surface area contributed by atoms with Gasteiger partial charge < -0.3 is 14.8 Å². The average Bonchev–Trinajstić information content (AvgIpc) is 3.20. The van der Waals surface area contributed by atoms with Crippen molar-refractivity contribution in [2.45, 2.75) is 39.0 Å². The van der Waals surface area contributed by atoms with E-state index in [0.717, 1.165) is 27.7 Å². The number of carbonyl (C=O) groups is 2. The van der Waals surface area contributed by atoms with Gasteiger partial charge in [0.05, 0.1) is 17.6 Å². The molecule has 0 fully saturated rings. The van der Waals surface area contributed by atoms with Crippen molar-refractivity contribution in [3.05, 3.63) is 101 Å². The zero-order valence-electron chi connectivity index (χ0n) is 18.8. The highest BCUT2D eigenvalue weighted by molar-refractivity contribution is 6.01. The van der Waals surface area contributed by atoms with Crippen molar-refractivity contribution in [1.82, 2.24) is 19.8 Å². The number of nitrogens with zero attached hydrogens (tertiary/aromatic N) is 3. The summed E-state index contributed by atoms with van der Waals surface area (Å²) in [4.78, 5) is 33.7. The molecule has 0 unspecified atom stereocenters. The standard InChI is InChI=1S/C27H26N4O2/c1-19-10-6-7-13-21(19)17-31-25(32)24-29-22-14-8-9-15-23(22)30(24)18-27(31,2)26(33)28-16-20-11-4-3-5-12-20/h3-15H,16-18H2,1-2H3,(H,28,33)/t27-/m1/s1. The molecule has 166 valence electrons. The van der Waals surface area contributed by atoms with Gasteiger partial charge in [0.2, 0.25) is 5.91 Å². The third-order valence-corrected chi connectivity index (χ3v) is 6.53. The summed E-state index contributed by atoms with van der Waals surface area (Å²) < 4.78 is 1.88. The molecule has 1 atom stereocenters. The van der Waals surface area contributed by atoms with Gasteiger partial charge in [0, 0.05) is 13.1 Å². The predicted octanol–water partition coefficient (Wildman–Crippen LogP) is 4.08. The Labute approximate surface area is 192 Å². The highest BCUT2D eigenvalue weighted by Gasteiger charge is 2.48. The maximum atomic E-state index is 13.8. The number of hydrogen-bond donors (Lipinski definition) is 1. The molecule has 1 aliphatic heterocycles. The van der Waals surface area contributed by atoms with Crippen LogP contribution in [0.4, 0.5) is 0 Å². The van der Waals surface area contributed by atoms with Crippen molar-refractivity contribution < 1.29 is 9.59 Å². The van der Waals surface area contributed by atoms with Gasteiger partial charge in [-0.1, -0.05) is 66.7 Å². The lowest BCUT2D eigenvalue weighted by molar-refractivity contribution is -0.133. The third kappa shape index (κ3) is 3.67. The van der Waals surface area contributed by atoms with Crippen LogP contribution in [0.25, 0.3) is 11.0 Å². The summed E-state index contributed by atoms with van der Waals surface area (Å²) in [6, 6.07) is 25.4. The largest absolute Gasteiger partial charge is 0.350 e. The van der Waals surface area contributed by atoms with Gasteiger partial charge >= 0.3 is 0 Å². The Bertz CT molecular complexity index is 1340. The maximum Gasteiger partial charge on any atom is 0.291 e. The number of aryl methyl sites for hydroxylation is 1. The van der Waals surface area contributed by atoms with Gasteiger partial charge in [-0.2, -0.15) is 0 Å². The number of benzene rings is 3. The minimum atomic E-state index is -1.08. The Kier molecular flexibility index (Phi) is 5.21. The van der Waals surface area contributed by atoms with Crippen LogP contribution < -0.4 is 5.32 Å². The summed E-state index contributed by atoms with van der Waals surface area (Å²) >= 11 is 0. The van der Waals surface area contributed by atoms with E-state index in [1.807, 2.05) is 97.3 Å². The summed E-state index contributed by atoms with van der Waals surface area (Å²) in [5.41, 5.74) is 3.64. The van der Waals surface area contributed by atoms with E-state index >= 15 is 0 Å². The zero-order chi connectivity index (χ0) is 23.0. The van der Waals surface area contributed by atoms with Gasteiger partial charge in [-0.15, -0.1) is 0 Å². The molecule has 6 heteroatoms. The molecule has 0 saturated heterocycles. The van der Waals surface area contributed by atoms with Crippen LogP contribution in [0.15, 0.2) is 78.9 Å². The molecule has 6 nitrogen and oxygen atoms in total. The van der Waals surface area contributed by atoms with Crippen molar-refractivity contribution in [1.29, 1.82) is 0 Å². The smallest absolute Gasteiger partial charge is 0.291 e. The molecule has 1 aliphatic rings. The van der Waals surface area contributed by atoms with E-state index in [0.29, 0.717) is 25.5 Å². The van der Waals surface area contributed by atoms with E-state index in [9.17, 15) is 9.59 Å². The zero-order valence-corrected chi connectivity index (χ0v) is 18.8. The quantitative estimate of drug-likeness (QED) is 0.511. The molecule has 4 aromatic rings. The second-order valence-electron chi connectivity index (χ2n) is 8.77. The molecular formula is C27H26N4O2. The Morgan fingerprint density at radius 1 is 1.00 bits per heavy atom. The lowest BCUT2D eigenvalue weighted by Crippen LogP contribution is -2.63. The second-order valence-corrected chi connectivity index (χ2v) is 8.77. The minimum absolute atomic E-state index is 0.184. The Morgan fingerprint density at radius 3 is 2.48 bits per heavy atom. The molecule has 2 heterocycles. The minimum Gasteiger partial charge on any atom is -0.350 e. The molecule has 1 N–H and O–H groups in total. The van der Waals surface area contributed by atoms with Crippen molar-refractivity contribution in [2.24, 2.45) is 0 Å². The fraction of sp³-hybridized carbons (Fsp3) is 0.222. The molecular weight excluding hydrogens is 412 g/mol. The Balaban J connectivity index is 1.55. The first kappa shape index (κ1) is 20.9. The number of imidazole rings is 1. The first-order valence-corrected chi connectivity index (χ1v) is 11.1. The van der Waals surface area contributed by atoms with Crippen LogP contribution in [0.5, 0.6) is 0 Å². The Morgan fingerprint density at radius 2 is 1.70 bits per heavy atom. The monoisotopic (exact) mass is 438 g/mol. The van der Waals surface area contributed by atoms with E-state index in [1.165, 1.54) is 0 Å². The number of fused-ring (bicyclic) bond motifs is 3. The van der Waals surface area contributed by atoms with Crippen molar-refractivity contribution >= 4 is 22.8 Å². The van der Waals surface area contributed by atoms with Crippen molar-refractivity contribution in [3.8, 4) is 0 Å². The molecule has 0 aliphatic carbocycles. The molecule has 0 spiro atoms. The van der Waals surface area contributed by atoms with Crippen molar-refractivity contribution in [2.75, 3.05) is 0 Å². The maximum absolute atomic E-state index is 13.8. The van der Waals surface area contributed by atoms with Gasteiger partial charge in [-0.25, -0.2) is 4.98 Å². The summed E-state index contributed by atoms with van der Waals surface area (Å²) in [5, 5.41) is 3.06. The molecule has 33 heavy (non-hydrogen) atoms. The number of nitrogens with one attached hydrogen (secondary N) is 1. The topological polar surface area (TPSA) is 67.2 Å². The molecule has 3 aromatic carbocycles. The van der Waals surface area contributed by atoms with E-state index in [4.69, 9.17) is 0 Å². The molecule has 1 aromatic heterocycles. The summed E-state index contributed by atoms with van der Waals surface area (Å²) in [6.45, 7) is 4.94. The van der Waals surface area contributed by atoms with E-state index in [1.54, 1.807) is 4.90 Å².